The van der Waals surface area contributed by atoms with Crippen LogP contribution < -0.4 is 10.1 Å². The van der Waals surface area contributed by atoms with Gasteiger partial charge in [-0.2, -0.15) is 0 Å². The number of H-pyrrole nitrogens is 1. The molecule has 1 aliphatic carbocycles. The molecule has 3 heterocycles. The number of nitrogens with zero attached hydrogens (tertiary/aromatic N) is 3. The van der Waals surface area contributed by atoms with Gasteiger partial charge in [0.2, 0.25) is 5.91 Å². The maximum absolute atomic E-state index is 15.4. The molecular weight excluding hydrogens is 484 g/mol. The molecule has 5 rings (SSSR count). The number of nitrogens with one attached hydrogen (secondary N) is 2. The number of likely N-dealkylation sites (tertiary alicyclic amines) is 1. The van der Waals surface area contributed by atoms with Gasteiger partial charge in [0, 0.05) is 12.2 Å². The first-order valence-electron chi connectivity index (χ1n) is 12.4. The van der Waals surface area contributed by atoms with Gasteiger partial charge in [-0.15, -0.1) is 0 Å². The number of carbonyl (C=O) groups is 2. The van der Waals surface area contributed by atoms with Crippen molar-refractivity contribution < 1.29 is 28.2 Å². The molecule has 11 heteroatoms. The minimum atomic E-state index is -1.49. The number of hydrogen-bond acceptors (Lipinski definition) is 6. The van der Waals surface area contributed by atoms with E-state index in [0.29, 0.717) is 35.0 Å². The maximum Gasteiger partial charge on any atom is 0.255 e. The molecule has 2 amide bonds. The second-order valence-electron chi connectivity index (χ2n) is 9.78. The van der Waals surface area contributed by atoms with Gasteiger partial charge in [0.05, 0.1) is 35.8 Å². The summed E-state index contributed by atoms with van der Waals surface area (Å²) in [5, 5.41) is 11.7. The Morgan fingerprint density at radius 3 is 2.73 bits per heavy atom. The molecule has 9 nitrogen and oxygen atoms in total. The third-order valence-corrected chi connectivity index (χ3v) is 7.05. The van der Waals surface area contributed by atoms with Crippen LogP contribution in [0.1, 0.15) is 40.9 Å². The molecule has 1 aromatic carbocycles. The van der Waals surface area contributed by atoms with E-state index >= 15 is 4.39 Å². The van der Waals surface area contributed by atoms with Crippen LogP contribution >= 0.6 is 0 Å². The Morgan fingerprint density at radius 2 is 2.03 bits per heavy atom. The largest absolute Gasteiger partial charge is 0.492 e. The van der Waals surface area contributed by atoms with Crippen molar-refractivity contribution in [2.24, 2.45) is 5.92 Å². The van der Waals surface area contributed by atoms with Crippen molar-refractivity contribution in [2.45, 2.75) is 45.3 Å². The minimum absolute atomic E-state index is 0.200. The number of aromatic nitrogens is 3. The molecule has 0 spiro atoms. The smallest absolute Gasteiger partial charge is 0.255 e. The molecule has 0 unspecified atom stereocenters. The highest BCUT2D eigenvalue weighted by molar-refractivity contribution is 6.09. The number of rotatable bonds is 7. The van der Waals surface area contributed by atoms with Crippen LogP contribution in [0.5, 0.6) is 5.75 Å². The fourth-order valence-corrected chi connectivity index (χ4v) is 4.72. The molecule has 1 saturated carbocycles. The van der Waals surface area contributed by atoms with Gasteiger partial charge in [-0.3, -0.25) is 9.59 Å². The first-order valence-corrected chi connectivity index (χ1v) is 12.4. The standard InChI is InChI=1S/C26H29F2N5O4/c1-13-3-6-18(37-11-15-4-5-15)21(22(13)28)24-25-23(29-12-30-24)20(14(2)31-25)26(36)32-17-7-8-33(9-16(17)27)19(35)10-34/h3,6,12,15-17,31,34H,4-5,7-11H2,1-2H3,(H,32,36)/t16-,17+/m1/s1. The molecule has 37 heavy (non-hydrogen) atoms. The summed E-state index contributed by atoms with van der Waals surface area (Å²) in [6.45, 7) is 3.17. The number of aryl methyl sites for hydroxylation is 2. The summed E-state index contributed by atoms with van der Waals surface area (Å²) in [6, 6.07) is 2.57. The molecule has 1 aliphatic heterocycles. The molecule has 2 aromatic heterocycles. The quantitative estimate of drug-likeness (QED) is 0.447. The van der Waals surface area contributed by atoms with Crippen LogP contribution in [0.15, 0.2) is 18.5 Å². The van der Waals surface area contributed by atoms with E-state index in [9.17, 15) is 14.0 Å². The topological polar surface area (TPSA) is 120 Å². The van der Waals surface area contributed by atoms with Crippen molar-refractivity contribution in [2.75, 3.05) is 26.3 Å². The molecule has 196 valence electrons. The van der Waals surface area contributed by atoms with Crippen molar-refractivity contribution in [3.8, 4) is 17.0 Å². The summed E-state index contributed by atoms with van der Waals surface area (Å²) in [5.41, 5.74) is 2.27. The van der Waals surface area contributed by atoms with Gasteiger partial charge >= 0.3 is 0 Å². The number of fused-ring (bicyclic) bond motifs is 1. The van der Waals surface area contributed by atoms with Crippen molar-refractivity contribution in [1.29, 1.82) is 0 Å². The fraction of sp³-hybridized carbons (Fsp3) is 0.462. The average Bonchev–Trinajstić information content (AvgIpc) is 3.65. The molecular formula is C26H29F2N5O4. The third kappa shape index (κ3) is 4.87. The number of aromatic amines is 1. The average molecular weight is 514 g/mol. The highest BCUT2D eigenvalue weighted by Crippen LogP contribution is 2.39. The molecule has 2 aliphatic rings. The van der Waals surface area contributed by atoms with E-state index in [1.165, 1.54) is 11.2 Å². The number of aliphatic hydroxyl groups is 1. The monoisotopic (exact) mass is 513 g/mol. The normalized spacial score (nSPS) is 19.8. The van der Waals surface area contributed by atoms with Crippen LogP contribution in [0.25, 0.3) is 22.3 Å². The van der Waals surface area contributed by atoms with E-state index in [-0.39, 0.29) is 41.8 Å². The van der Waals surface area contributed by atoms with Crippen LogP contribution in [0.4, 0.5) is 8.78 Å². The second-order valence-corrected chi connectivity index (χ2v) is 9.78. The van der Waals surface area contributed by atoms with E-state index in [1.54, 1.807) is 26.0 Å². The van der Waals surface area contributed by atoms with E-state index in [2.05, 4.69) is 20.3 Å². The summed E-state index contributed by atoms with van der Waals surface area (Å²) in [4.78, 5) is 37.9. The Kier molecular flexibility index (Phi) is 6.80. The SMILES string of the molecule is Cc1ccc(OCC2CC2)c(-c2ncnc3c(C(=O)N[C@H]4CCN(C(=O)CO)C[C@H]4F)c(C)[nH]c23)c1F. The van der Waals surface area contributed by atoms with Gasteiger partial charge in [-0.1, -0.05) is 6.07 Å². The number of alkyl halides is 1. The van der Waals surface area contributed by atoms with Crippen molar-refractivity contribution >= 4 is 22.8 Å². The number of benzene rings is 1. The van der Waals surface area contributed by atoms with Gasteiger partial charge in [0.25, 0.3) is 5.91 Å². The van der Waals surface area contributed by atoms with E-state index < -0.39 is 36.5 Å². The summed E-state index contributed by atoms with van der Waals surface area (Å²) in [6.07, 6.45) is 2.16. The predicted molar refractivity (Wildman–Crippen MR) is 131 cm³/mol. The van der Waals surface area contributed by atoms with Crippen molar-refractivity contribution in [3.63, 3.8) is 0 Å². The minimum Gasteiger partial charge on any atom is -0.492 e. The first-order chi connectivity index (χ1) is 17.8. The van der Waals surface area contributed by atoms with Crippen LogP contribution in [-0.4, -0.2) is 75.3 Å². The van der Waals surface area contributed by atoms with E-state index in [0.717, 1.165) is 12.8 Å². The van der Waals surface area contributed by atoms with Crippen molar-refractivity contribution in [1.82, 2.24) is 25.2 Å². The zero-order valence-electron chi connectivity index (χ0n) is 20.7. The second kappa shape index (κ2) is 10.0. The van der Waals surface area contributed by atoms with E-state index in [4.69, 9.17) is 9.84 Å². The summed E-state index contributed by atoms with van der Waals surface area (Å²) in [7, 11) is 0. The first kappa shape index (κ1) is 25.1. The summed E-state index contributed by atoms with van der Waals surface area (Å²) < 4.78 is 36.2. The highest BCUT2D eigenvalue weighted by Gasteiger charge is 2.34. The third-order valence-electron chi connectivity index (χ3n) is 7.05. The lowest BCUT2D eigenvalue weighted by molar-refractivity contribution is -0.136. The number of aliphatic hydroxyl groups excluding tert-OH is 1. The van der Waals surface area contributed by atoms with Gasteiger partial charge in [-0.05, 0) is 50.7 Å². The zero-order chi connectivity index (χ0) is 26.3. The molecule has 0 radical (unpaired) electrons. The summed E-state index contributed by atoms with van der Waals surface area (Å²) >= 11 is 0. The Morgan fingerprint density at radius 1 is 1.24 bits per heavy atom. The summed E-state index contributed by atoms with van der Waals surface area (Å²) in [5.74, 6) is -0.696. The number of carbonyl (C=O) groups excluding carboxylic acids is 2. The fourth-order valence-electron chi connectivity index (χ4n) is 4.72. The zero-order valence-corrected chi connectivity index (χ0v) is 20.7. The predicted octanol–water partition coefficient (Wildman–Crippen LogP) is 2.83. The van der Waals surface area contributed by atoms with Gasteiger partial charge in [0.1, 0.15) is 41.9 Å². The lowest BCUT2D eigenvalue weighted by Crippen LogP contribution is -2.54. The van der Waals surface area contributed by atoms with Gasteiger partial charge in [-0.25, -0.2) is 18.7 Å². The number of amides is 2. The Labute approximate surface area is 212 Å². The van der Waals surface area contributed by atoms with Crippen LogP contribution in [0, 0.1) is 25.6 Å². The maximum atomic E-state index is 15.4. The molecule has 2 fully saturated rings. The van der Waals surface area contributed by atoms with Crippen LogP contribution in [0.2, 0.25) is 0 Å². The molecule has 1 saturated heterocycles. The van der Waals surface area contributed by atoms with Gasteiger partial charge < -0.3 is 25.0 Å². The van der Waals surface area contributed by atoms with Crippen molar-refractivity contribution in [3.05, 3.63) is 41.1 Å². The molecule has 3 N–H and O–H groups in total. The Balaban J connectivity index is 1.45. The van der Waals surface area contributed by atoms with Crippen LogP contribution in [-0.2, 0) is 4.79 Å². The highest BCUT2D eigenvalue weighted by atomic mass is 19.1. The molecule has 3 aromatic rings. The van der Waals surface area contributed by atoms with Crippen LogP contribution in [0.3, 0.4) is 0 Å². The van der Waals surface area contributed by atoms with Gasteiger partial charge in [0.15, 0.2) is 0 Å². The number of halogens is 2. The number of ether oxygens (including phenoxy) is 1. The van der Waals surface area contributed by atoms with E-state index in [1.807, 2.05) is 0 Å². The molecule has 0 bridgehead atoms. The molecule has 2 atom stereocenters. The lowest BCUT2D eigenvalue weighted by Gasteiger charge is -2.34. The number of piperidine rings is 1. The lowest BCUT2D eigenvalue weighted by atomic mass is 10.0. The Hall–Kier alpha value is -3.60. The number of hydrogen-bond donors (Lipinski definition) is 3. The Bertz CT molecular complexity index is 1360.